The molecule has 2 unspecified atom stereocenters. The third-order valence-corrected chi connectivity index (χ3v) is 6.33. The maximum Gasteiger partial charge on any atom is 0.0465 e. The van der Waals surface area contributed by atoms with Gasteiger partial charge in [-0.2, -0.15) is 0 Å². The zero-order valence-electron chi connectivity index (χ0n) is 12.0. The highest BCUT2D eigenvalue weighted by Gasteiger charge is 2.24. The van der Waals surface area contributed by atoms with Crippen LogP contribution in [0.3, 0.4) is 0 Å². The van der Waals surface area contributed by atoms with Crippen LogP contribution in [-0.4, -0.2) is 6.04 Å². The zero-order valence-corrected chi connectivity index (χ0v) is 13.7. The van der Waals surface area contributed by atoms with Crippen molar-refractivity contribution in [2.45, 2.75) is 51.1 Å². The highest BCUT2D eigenvalue weighted by atomic mass is 32.1. The summed E-state index contributed by atoms with van der Waals surface area (Å²) in [6, 6.07) is 9.97. The van der Waals surface area contributed by atoms with Gasteiger partial charge in [-0.15, -0.1) is 22.7 Å². The van der Waals surface area contributed by atoms with E-state index in [0.717, 1.165) is 12.3 Å². The Morgan fingerprint density at radius 1 is 1.15 bits per heavy atom. The van der Waals surface area contributed by atoms with Crippen LogP contribution in [0, 0.1) is 5.92 Å². The second-order valence-electron chi connectivity index (χ2n) is 5.85. The first-order chi connectivity index (χ1) is 9.83. The molecule has 0 bridgehead atoms. The van der Waals surface area contributed by atoms with Crippen LogP contribution in [0.5, 0.6) is 0 Å². The lowest BCUT2D eigenvalue weighted by Crippen LogP contribution is -2.36. The first kappa shape index (κ1) is 14.3. The lowest BCUT2D eigenvalue weighted by molar-refractivity contribution is 0.344. The minimum Gasteiger partial charge on any atom is -0.306 e. The third kappa shape index (κ3) is 3.51. The summed E-state index contributed by atoms with van der Waals surface area (Å²) in [5, 5.41) is 8.29. The minimum absolute atomic E-state index is 0.476. The summed E-state index contributed by atoms with van der Waals surface area (Å²) in [6.07, 6.45) is 6.78. The Morgan fingerprint density at radius 2 is 1.90 bits per heavy atom. The van der Waals surface area contributed by atoms with Crippen LogP contribution in [0.2, 0.25) is 0 Å². The molecule has 20 heavy (non-hydrogen) atoms. The average Bonchev–Trinajstić information content (AvgIpc) is 3.20. The Kier molecular flexibility index (Phi) is 4.92. The Bertz CT molecular complexity index is 483. The molecule has 0 amide bonds. The number of nitrogens with one attached hydrogen (secondary N) is 1. The maximum atomic E-state index is 3.92. The van der Waals surface area contributed by atoms with Crippen molar-refractivity contribution in [3.05, 3.63) is 44.8 Å². The third-order valence-electron chi connectivity index (χ3n) is 4.44. The van der Waals surface area contributed by atoms with Gasteiger partial charge in [0.2, 0.25) is 0 Å². The topological polar surface area (TPSA) is 12.0 Å². The van der Waals surface area contributed by atoms with Crippen LogP contribution in [0.1, 0.15) is 48.4 Å². The van der Waals surface area contributed by atoms with E-state index in [1.165, 1.54) is 35.4 Å². The van der Waals surface area contributed by atoms with E-state index in [1.54, 1.807) is 0 Å². The van der Waals surface area contributed by atoms with Crippen LogP contribution in [-0.2, 0) is 6.42 Å². The Labute approximate surface area is 130 Å². The van der Waals surface area contributed by atoms with Gasteiger partial charge >= 0.3 is 0 Å². The lowest BCUT2D eigenvalue weighted by Gasteiger charge is -2.26. The van der Waals surface area contributed by atoms with E-state index in [9.17, 15) is 0 Å². The molecule has 1 saturated carbocycles. The SMILES string of the molecule is CC(NC(Cc1cccs1)c1cccs1)C1CCCC1. The Balaban J connectivity index is 1.68. The predicted molar refractivity (Wildman–Crippen MR) is 89.6 cm³/mol. The van der Waals surface area contributed by atoms with E-state index in [4.69, 9.17) is 0 Å². The van der Waals surface area contributed by atoms with Gasteiger partial charge in [-0.25, -0.2) is 0 Å². The fraction of sp³-hybridized carbons (Fsp3) is 0.529. The molecular weight excluding hydrogens is 282 g/mol. The molecule has 1 N–H and O–H groups in total. The van der Waals surface area contributed by atoms with Gasteiger partial charge in [-0.3, -0.25) is 0 Å². The Hall–Kier alpha value is -0.640. The standard InChI is InChI=1S/C17H23NS2/c1-13(14-6-2-3-7-14)18-16(17-9-5-11-20-17)12-15-8-4-10-19-15/h4-5,8-11,13-14,16,18H,2-3,6-7,12H2,1H3. The molecule has 2 heterocycles. The highest BCUT2D eigenvalue weighted by molar-refractivity contribution is 7.10. The molecule has 2 atom stereocenters. The summed E-state index contributed by atoms with van der Waals surface area (Å²) in [6.45, 7) is 2.38. The van der Waals surface area contributed by atoms with Crippen LogP contribution in [0.25, 0.3) is 0 Å². The first-order valence-electron chi connectivity index (χ1n) is 7.65. The number of rotatable bonds is 6. The molecule has 2 aromatic rings. The van der Waals surface area contributed by atoms with E-state index in [2.05, 4.69) is 47.3 Å². The summed E-state index contributed by atoms with van der Waals surface area (Å²) in [4.78, 5) is 2.96. The molecule has 1 aliphatic carbocycles. The van der Waals surface area contributed by atoms with Gasteiger partial charge < -0.3 is 5.32 Å². The molecule has 0 radical (unpaired) electrons. The average molecular weight is 306 g/mol. The van der Waals surface area contributed by atoms with E-state index in [-0.39, 0.29) is 0 Å². The first-order valence-corrected chi connectivity index (χ1v) is 9.40. The highest BCUT2D eigenvalue weighted by Crippen LogP contribution is 2.31. The van der Waals surface area contributed by atoms with Gasteiger partial charge in [0, 0.05) is 28.3 Å². The van der Waals surface area contributed by atoms with Gasteiger partial charge in [-0.1, -0.05) is 25.0 Å². The van der Waals surface area contributed by atoms with E-state index in [1.807, 2.05) is 22.7 Å². The summed E-state index contributed by atoms with van der Waals surface area (Å²) in [5.41, 5.74) is 0. The summed E-state index contributed by atoms with van der Waals surface area (Å²) < 4.78 is 0. The number of hydrogen-bond donors (Lipinski definition) is 1. The largest absolute Gasteiger partial charge is 0.306 e. The van der Waals surface area contributed by atoms with Gasteiger partial charge in [-0.05, 0) is 48.6 Å². The zero-order chi connectivity index (χ0) is 13.8. The van der Waals surface area contributed by atoms with Crippen molar-refractivity contribution in [1.29, 1.82) is 0 Å². The summed E-state index contributed by atoms with van der Waals surface area (Å²) in [5.74, 6) is 0.876. The fourth-order valence-corrected chi connectivity index (χ4v) is 4.81. The van der Waals surface area contributed by atoms with Crippen molar-refractivity contribution < 1.29 is 0 Å². The number of hydrogen-bond acceptors (Lipinski definition) is 3. The van der Waals surface area contributed by atoms with Crippen LogP contribution >= 0.6 is 22.7 Å². The van der Waals surface area contributed by atoms with Gasteiger partial charge in [0.25, 0.3) is 0 Å². The molecular formula is C17H23NS2. The van der Waals surface area contributed by atoms with Gasteiger partial charge in [0.1, 0.15) is 0 Å². The van der Waals surface area contributed by atoms with Crippen molar-refractivity contribution in [2.24, 2.45) is 5.92 Å². The minimum atomic E-state index is 0.476. The van der Waals surface area contributed by atoms with Crippen LogP contribution in [0.4, 0.5) is 0 Å². The molecule has 1 nitrogen and oxygen atoms in total. The quantitative estimate of drug-likeness (QED) is 0.767. The van der Waals surface area contributed by atoms with Crippen molar-refractivity contribution >= 4 is 22.7 Å². The van der Waals surface area contributed by atoms with E-state index >= 15 is 0 Å². The number of thiophene rings is 2. The van der Waals surface area contributed by atoms with Gasteiger partial charge in [0.05, 0.1) is 0 Å². The molecule has 0 saturated heterocycles. The summed E-state index contributed by atoms with van der Waals surface area (Å²) in [7, 11) is 0. The predicted octanol–water partition coefficient (Wildman–Crippen LogP) is 5.26. The Morgan fingerprint density at radius 3 is 2.55 bits per heavy atom. The molecule has 3 heteroatoms. The summed E-state index contributed by atoms with van der Waals surface area (Å²) >= 11 is 3.75. The monoisotopic (exact) mass is 305 g/mol. The molecule has 2 aromatic heterocycles. The second-order valence-corrected chi connectivity index (χ2v) is 7.86. The van der Waals surface area contributed by atoms with Crippen molar-refractivity contribution in [3.8, 4) is 0 Å². The van der Waals surface area contributed by atoms with Crippen molar-refractivity contribution in [2.75, 3.05) is 0 Å². The molecule has 0 spiro atoms. The van der Waals surface area contributed by atoms with E-state index < -0.39 is 0 Å². The molecule has 1 aliphatic rings. The smallest absolute Gasteiger partial charge is 0.0465 e. The molecule has 0 aliphatic heterocycles. The molecule has 3 rings (SSSR count). The normalized spacial score (nSPS) is 19.2. The van der Waals surface area contributed by atoms with Crippen molar-refractivity contribution in [1.82, 2.24) is 5.32 Å². The fourth-order valence-electron chi connectivity index (χ4n) is 3.27. The van der Waals surface area contributed by atoms with E-state index in [0.29, 0.717) is 12.1 Å². The van der Waals surface area contributed by atoms with Crippen LogP contribution in [0.15, 0.2) is 35.0 Å². The molecule has 0 aromatic carbocycles. The second kappa shape index (κ2) is 6.88. The lowest BCUT2D eigenvalue weighted by atomic mass is 9.98. The van der Waals surface area contributed by atoms with Gasteiger partial charge in [0.15, 0.2) is 0 Å². The molecule has 1 fully saturated rings. The maximum absolute atomic E-state index is 3.92. The molecule has 108 valence electrons. The van der Waals surface area contributed by atoms with Crippen LogP contribution < -0.4 is 5.32 Å². The van der Waals surface area contributed by atoms with Crippen molar-refractivity contribution in [3.63, 3.8) is 0 Å².